The molecule has 1 heterocycles. The number of hydrogen-bond acceptors (Lipinski definition) is 2. The molecule has 1 N–H and O–H groups in total. The minimum atomic E-state index is -0.197. The molecule has 1 rings (SSSR count). The van der Waals surface area contributed by atoms with Gasteiger partial charge in [0.15, 0.2) is 0 Å². The number of hydrogen-bond donors (Lipinski definition) is 1. The lowest BCUT2D eigenvalue weighted by Crippen LogP contribution is -2.54. The van der Waals surface area contributed by atoms with Gasteiger partial charge in [-0.3, -0.25) is 4.79 Å². The van der Waals surface area contributed by atoms with Gasteiger partial charge in [-0.1, -0.05) is 20.8 Å². The molecule has 0 radical (unpaired) electrons. The highest BCUT2D eigenvalue weighted by molar-refractivity contribution is 5.82. The van der Waals surface area contributed by atoms with Crippen LogP contribution in [0.2, 0.25) is 0 Å². The van der Waals surface area contributed by atoms with E-state index in [1.165, 1.54) is 0 Å². The predicted octanol–water partition coefficient (Wildman–Crippen LogP) is 1.24. The molecular weight excluding hydrogens is 176 g/mol. The molecule has 1 atom stereocenters. The third kappa shape index (κ3) is 2.47. The van der Waals surface area contributed by atoms with E-state index in [-0.39, 0.29) is 5.41 Å². The molecule has 3 nitrogen and oxygen atoms in total. The fraction of sp³-hybridized carbons (Fsp3) is 0.909. The SMILES string of the molecule is CCC(C)(C)C(=O)N1CCNC(C)C1. The van der Waals surface area contributed by atoms with Gasteiger partial charge in [0.05, 0.1) is 0 Å². The first kappa shape index (κ1) is 11.5. The van der Waals surface area contributed by atoms with Crippen molar-refractivity contribution in [2.24, 2.45) is 5.41 Å². The van der Waals surface area contributed by atoms with Gasteiger partial charge in [0.2, 0.25) is 5.91 Å². The minimum Gasteiger partial charge on any atom is -0.339 e. The summed E-state index contributed by atoms with van der Waals surface area (Å²) in [5.74, 6) is 0.299. The fourth-order valence-electron chi connectivity index (χ4n) is 1.70. The number of carbonyl (C=O) groups excluding carboxylic acids is 1. The molecule has 14 heavy (non-hydrogen) atoms. The van der Waals surface area contributed by atoms with Gasteiger partial charge in [-0.2, -0.15) is 0 Å². The molecule has 0 aromatic rings. The highest BCUT2D eigenvalue weighted by Crippen LogP contribution is 2.23. The third-order valence-electron chi connectivity index (χ3n) is 3.12. The summed E-state index contributed by atoms with van der Waals surface area (Å²) in [4.78, 5) is 14.1. The van der Waals surface area contributed by atoms with Crippen molar-refractivity contribution in [3.05, 3.63) is 0 Å². The van der Waals surface area contributed by atoms with Gasteiger partial charge >= 0.3 is 0 Å². The monoisotopic (exact) mass is 198 g/mol. The van der Waals surface area contributed by atoms with Crippen molar-refractivity contribution in [1.82, 2.24) is 10.2 Å². The second-order valence-electron chi connectivity index (χ2n) is 4.84. The molecule has 1 amide bonds. The number of nitrogens with zero attached hydrogens (tertiary/aromatic N) is 1. The third-order valence-corrected chi connectivity index (χ3v) is 3.12. The molecule has 3 heteroatoms. The zero-order chi connectivity index (χ0) is 10.8. The summed E-state index contributed by atoms with van der Waals surface area (Å²) >= 11 is 0. The highest BCUT2D eigenvalue weighted by Gasteiger charge is 2.31. The Balaban J connectivity index is 2.60. The second kappa shape index (κ2) is 4.30. The van der Waals surface area contributed by atoms with E-state index in [1.54, 1.807) is 0 Å². The van der Waals surface area contributed by atoms with Crippen LogP contribution in [-0.4, -0.2) is 36.5 Å². The molecule has 1 aliphatic rings. The van der Waals surface area contributed by atoms with Crippen LogP contribution < -0.4 is 5.32 Å². The van der Waals surface area contributed by atoms with Crippen LogP contribution in [0.5, 0.6) is 0 Å². The molecule has 0 bridgehead atoms. The number of piperazine rings is 1. The molecule has 0 saturated carbocycles. The lowest BCUT2D eigenvalue weighted by atomic mass is 9.88. The Morgan fingerprint density at radius 3 is 2.71 bits per heavy atom. The maximum absolute atomic E-state index is 12.1. The van der Waals surface area contributed by atoms with Crippen LogP contribution in [-0.2, 0) is 4.79 Å². The lowest BCUT2D eigenvalue weighted by molar-refractivity contribution is -0.141. The predicted molar refractivity (Wildman–Crippen MR) is 58.1 cm³/mol. The van der Waals surface area contributed by atoms with E-state index in [4.69, 9.17) is 0 Å². The number of nitrogens with one attached hydrogen (secondary N) is 1. The van der Waals surface area contributed by atoms with Crippen LogP contribution in [0.3, 0.4) is 0 Å². The molecule has 1 saturated heterocycles. The Morgan fingerprint density at radius 1 is 1.57 bits per heavy atom. The van der Waals surface area contributed by atoms with Crippen molar-refractivity contribution < 1.29 is 4.79 Å². The summed E-state index contributed by atoms with van der Waals surface area (Å²) in [6.45, 7) is 10.9. The topological polar surface area (TPSA) is 32.3 Å². The van der Waals surface area contributed by atoms with Gasteiger partial charge in [0.25, 0.3) is 0 Å². The minimum absolute atomic E-state index is 0.197. The van der Waals surface area contributed by atoms with Crippen LogP contribution in [0.25, 0.3) is 0 Å². The zero-order valence-electron chi connectivity index (χ0n) is 9.76. The van der Waals surface area contributed by atoms with E-state index in [0.29, 0.717) is 11.9 Å². The lowest BCUT2D eigenvalue weighted by Gasteiger charge is -2.36. The van der Waals surface area contributed by atoms with Crippen molar-refractivity contribution >= 4 is 5.91 Å². The first-order valence-electron chi connectivity index (χ1n) is 5.50. The number of amides is 1. The normalized spacial score (nSPS) is 23.7. The molecule has 1 fully saturated rings. The summed E-state index contributed by atoms with van der Waals surface area (Å²) in [7, 11) is 0. The average molecular weight is 198 g/mol. The van der Waals surface area contributed by atoms with Gasteiger partial charge in [-0.25, -0.2) is 0 Å². The van der Waals surface area contributed by atoms with Crippen LogP contribution in [0.1, 0.15) is 34.1 Å². The molecule has 1 unspecified atom stereocenters. The van der Waals surface area contributed by atoms with Gasteiger partial charge < -0.3 is 10.2 Å². The average Bonchev–Trinajstić information content (AvgIpc) is 2.16. The van der Waals surface area contributed by atoms with Gasteiger partial charge in [-0.05, 0) is 13.3 Å². The first-order valence-corrected chi connectivity index (χ1v) is 5.50. The van der Waals surface area contributed by atoms with E-state index < -0.39 is 0 Å². The molecule has 1 aliphatic heterocycles. The standard InChI is InChI=1S/C11H22N2O/c1-5-11(3,4)10(14)13-7-6-12-9(2)8-13/h9,12H,5-8H2,1-4H3. The van der Waals surface area contributed by atoms with Gasteiger partial charge in [-0.15, -0.1) is 0 Å². The molecule has 0 spiro atoms. The van der Waals surface area contributed by atoms with Crippen molar-refractivity contribution in [3.63, 3.8) is 0 Å². The van der Waals surface area contributed by atoms with Crippen molar-refractivity contribution in [3.8, 4) is 0 Å². The van der Waals surface area contributed by atoms with E-state index in [1.807, 2.05) is 18.7 Å². The summed E-state index contributed by atoms with van der Waals surface area (Å²) in [5, 5.41) is 3.34. The van der Waals surface area contributed by atoms with Crippen LogP contribution in [0.15, 0.2) is 0 Å². The van der Waals surface area contributed by atoms with E-state index in [2.05, 4.69) is 19.2 Å². The molecule has 0 aliphatic carbocycles. The van der Waals surface area contributed by atoms with E-state index in [9.17, 15) is 4.79 Å². The van der Waals surface area contributed by atoms with E-state index in [0.717, 1.165) is 26.1 Å². The highest BCUT2D eigenvalue weighted by atomic mass is 16.2. The van der Waals surface area contributed by atoms with E-state index >= 15 is 0 Å². The zero-order valence-corrected chi connectivity index (χ0v) is 9.76. The largest absolute Gasteiger partial charge is 0.339 e. The number of carbonyl (C=O) groups is 1. The van der Waals surface area contributed by atoms with Crippen molar-refractivity contribution in [1.29, 1.82) is 0 Å². The Bertz CT molecular complexity index is 213. The maximum Gasteiger partial charge on any atom is 0.228 e. The van der Waals surface area contributed by atoms with Crippen LogP contribution in [0.4, 0.5) is 0 Å². The van der Waals surface area contributed by atoms with Crippen molar-refractivity contribution in [2.45, 2.75) is 40.2 Å². The Labute approximate surface area is 86.9 Å². The summed E-state index contributed by atoms with van der Waals surface area (Å²) in [6, 6.07) is 0.431. The Morgan fingerprint density at radius 2 is 2.21 bits per heavy atom. The smallest absolute Gasteiger partial charge is 0.228 e. The molecule has 82 valence electrons. The molecular formula is C11H22N2O. The summed E-state index contributed by atoms with van der Waals surface area (Å²) in [6.07, 6.45) is 0.907. The summed E-state index contributed by atoms with van der Waals surface area (Å²) < 4.78 is 0. The fourth-order valence-corrected chi connectivity index (χ4v) is 1.70. The van der Waals surface area contributed by atoms with Gasteiger partial charge in [0, 0.05) is 31.1 Å². The summed E-state index contributed by atoms with van der Waals surface area (Å²) in [5.41, 5.74) is -0.197. The van der Waals surface area contributed by atoms with Crippen LogP contribution >= 0.6 is 0 Å². The number of rotatable bonds is 2. The Kier molecular flexibility index (Phi) is 3.53. The second-order valence-corrected chi connectivity index (χ2v) is 4.84. The quantitative estimate of drug-likeness (QED) is 0.724. The van der Waals surface area contributed by atoms with Crippen LogP contribution in [0, 0.1) is 5.41 Å². The Hall–Kier alpha value is -0.570. The molecule has 0 aromatic carbocycles. The van der Waals surface area contributed by atoms with Crippen molar-refractivity contribution in [2.75, 3.05) is 19.6 Å². The first-order chi connectivity index (χ1) is 6.47. The molecule has 0 aromatic heterocycles. The van der Waals surface area contributed by atoms with Gasteiger partial charge in [0.1, 0.15) is 0 Å². The maximum atomic E-state index is 12.1.